The van der Waals surface area contributed by atoms with Crippen LogP contribution in [-0.2, 0) is 17.5 Å². The fourth-order valence-electron chi connectivity index (χ4n) is 4.25. The average molecular weight is 421 g/mol. The van der Waals surface area contributed by atoms with E-state index in [4.69, 9.17) is 4.42 Å². The Morgan fingerprint density at radius 1 is 1.13 bits per heavy atom. The fraction of sp³-hybridized carbons (Fsp3) is 0.545. The minimum absolute atomic E-state index is 0.284. The Balaban J connectivity index is 1.34. The zero-order valence-corrected chi connectivity index (χ0v) is 17.0. The van der Waals surface area contributed by atoms with Gasteiger partial charge < -0.3 is 9.32 Å². The average Bonchev–Trinajstić information content (AvgIpc) is 3.28. The highest BCUT2D eigenvalue weighted by molar-refractivity contribution is 5.78. The summed E-state index contributed by atoms with van der Waals surface area (Å²) in [7, 11) is 0. The van der Waals surface area contributed by atoms with Crippen LogP contribution in [0, 0.1) is 12.8 Å². The van der Waals surface area contributed by atoms with Crippen molar-refractivity contribution >= 4 is 5.91 Å². The fourth-order valence-corrected chi connectivity index (χ4v) is 4.25. The smallest absolute Gasteiger partial charge is 0.416 e. The van der Waals surface area contributed by atoms with Gasteiger partial charge in [0.2, 0.25) is 11.8 Å². The van der Waals surface area contributed by atoms with E-state index < -0.39 is 11.7 Å². The lowest BCUT2D eigenvalue weighted by atomic mass is 9.96. The normalized spacial score (nSPS) is 19.1. The lowest BCUT2D eigenvalue weighted by molar-refractivity contribution is -0.137. The molecule has 162 valence electrons. The van der Waals surface area contributed by atoms with Crippen LogP contribution in [0.2, 0.25) is 0 Å². The molecule has 0 spiro atoms. The summed E-state index contributed by atoms with van der Waals surface area (Å²) >= 11 is 0. The van der Waals surface area contributed by atoms with Gasteiger partial charge in [-0.05, 0) is 69.5 Å². The molecule has 0 atom stereocenters. The molecule has 3 heterocycles. The highest BCUT2D eigenvalue weighted by atomic mass is 19.4. The number of benzene rings is 1. The van der Waals surface area contributed by atoms with Crippen LogP contribution in [0.4, 0.5) is 13.2 Å². The predicted molar refractivity (Wildman–Crippen MR) is 105 cm³/mol. The van der Waals surface area contributed by atoms with Gasteiger partial charge in [0.1, 0.15) is 5.76 Å². The van der Waals surface area contributed by atoms with Gasteiger partial charge in [-0.15, -0.1) is 0 Å². The molecule has 2 saturated heterocycles. The highest BCUT2D eigenvalue weighted by Gasteiger charge is 2.30. The number of likely N-dealkylation sites (tertiary alicyclic amines) is 2. The van der Waals surface area contributed by atoms with Crippen LogP contribution < -0.4 is 0 Å². The predicted octanol–water partition coefficient (Wildman–Crippen LogP) is 4.50. The summed E-state index contributed by atoms with van der Waals surface area (Å²) in [6.45, 7) is 6.13. The van der Waals surface area contributed by atoms with Crippen LogP contribution in [0.3, 0.4) is 0 Å². The molecule has 4 rings (SSSR count). The van der Waals surface area contributed by atoms with Gasteiger partial charge in [0.25, 0.3) is 0 Å². The summed E-state index contributed by atoms with van der Waals surface area (Å²) in [6, 6.07) is 4.88. The van der Waals surface area contributed by atoms with E-state index in [0.29, 0.717) is 36.1 Å². The number of aromatic nitrogens is 1. The number of piperidine rings is 1. The first-order chi connectivity index (χ1) is 14.3. The number of alkyl halides is 3. The Morgan fingerprint density at radius 2 is 1.83 bits per heavy atom. The molecule has 5 nitrogen and oxygen atoms in total. The molecule has 0 aliphatic carbocycles. The monoisotopic (exact) mass is 421 g/mol. The van der Waals surface area contributed by atoms with Gasteiger partial charge in [-0.3, -0.25) is 9.69 Å². The third-order valence-corrected chi connectivity index (χ3v) is 6.08. The van der Waals surface area contributed by atoms with E-state index in [0.717, 1.165) is 63.3 Å². The molecule has 2 aliphatic rings. The minimum atomic E-state index is -4.36. The van der Waals surface area contributed by atoms with E-state index in [9.17, 15) is 18.0 Å². The molecule has 8 heteroatoms. The van der Waals surface area contributed by atoms with E-state index in [1.165, 1.54) is 12.1 Å². The SMILES string of the molecule is Cc1oc(-c2ccc(C(F)(F)F)cc2)nc1CN1CCC(CN2CCCC2=O)CC1. The number of aryl methyl sites for hydroxylation is 1. The molecule has 0 radical (unpaired) electrons. The molecule has 30 heavy (non-hydrogen) atoms. The van der Waals surface area contributed by atoms with E-state index >= 15 is 0 Å². The largest absolute Gasteiger partial charge is 0.441 e. The number of halogens is 3. The highest BCUT2D eigenvalue weighted by Crippen LogP contribution is 2.31. The third-order valence-electron chi connectivity index (χ3n) is 6.08. The molecule has 1 aromatic carbocycles. The van der Waals surface area contributed by atoms with Gasteiger partial charge in [0, 0.05) is 31.6 Å². The molecule has 0 bridgehead atoms. The van der Waals surface area contributed by atoms with Crippen LogP contribution in [0.15, 0.2) is 28.7 Å². The van der Waals surface area contributed by atoms with Crippen LogP contribution in [0.1, 0.15) is 42.7 Å². The zero-order chi connectivity index (χ0) is 21.3. The van der Waals surface area contributed by atoms with Crippen molar-refractivity contribution in [2.75, 3.05) is 26.2 Å². The maximum absolute atomic E-state index is 12.7. The molecule has 2 fully saturated rings. The minimum Gasteiger partial charge on any atom is -0.441 e. The van der Waals surface area contributed by atoms with Crippen molar-refractivity contribution in [2.45, 2.75) is 45.3 Å². The number of carbonyl (C=O) groups is 1. The van der Waals surface area contributed by atoms with Crippen LogP contribution in [0.5, 0.6) is 0 Å². The maximum atomic E-state index is 12.7. The molecular weight excluding hydrogens is 395 g/mol. The van der Waals surface area contributed by atoms with Gasteiger partial charge in [-0.1, -0.05) is 0 Å². The van der Waals surface area contributed by atoms with Crippen LogP contribution in [-0.4, -0.2) is 46.9 Å². The summed E-state index contributed by atoms with van der Waals surface area (Å²) < 4.78 is 44.0. The van der Waals surface area contributed by atoms with Crippen molar-refractivity contribution < 1.29 is 22.4 Å². The molecule has 0 unspecified atom stereocenters. The van der Waals surface area contributed by atoms with E-state index in [1.54, 1.807) is 0 Å². The van der Waals surface area contributed by atoms with E-state index in [1.807, 2.05) is 11.8 Å². The van der Waals surface area contributed by atoms with E-state index in [2.05, 4.69) is 9.88 Å². The summed E-state index contributed by atoms with van der Waals surface area (Å²) in [5.41, 5.74) is 0.664. The van der Waals surface area contributed by atoms with Crippen molar-refractivity contribution in [2.24, 2.45) is 5.92 Å². The molecule has 0 N–H and O–H groups in total. The Labute approximate surface area is 173 Å². The third kappa shape index (κ3) is 4.69. The number of oxazole rings is 1. The lowest BCUT2D eigenvalue weighted by Gasteiger charge is -2.33. The summed E-state index contributed by atoms with van der Waals surface area (Å²) in [5, 5.41) is 0. The Bertz CT molecular complexity index is 884. The molecule has 0 saturated carbocycles. The number of hydrogen-bond donors (Lipinski definition) is 0. The molecule has 2 aliphatic heterocycles. The van der Waals surface area contributed by atoms with Crippen LogP contribution >= 0.6 is 0 Å². The molecular formula is C22H26F3N3O2. The quantitative estimate of drug-likeness (QED) is 0.713. The zero-order valence-electron chi connectivity index (χ0n) is 17.0. The summed E-state index contributed by atoms with van der Waals surface area (Å²) in [4.78, 5) is 20.7. The van der Waals surface area contributed by atoms with Gasteiger partial charge >= 0.3 is 6.18 Å². The Kier molecular flexibility index (Phi) is 5.86. The number of amides is 1. The van der Waals surface area contributed by atoms with Gasteiger partial charge in [0.05, 0.1) is 11.3 Å². The number of nitrogens with zero attached hydrogens (tertiary/aromatic N) is 3. The number of rotatable bonds is 5. The summed E-state index contributed by atoms with van der Waals surface area (Å²) in [6.07, 6.45) is -0.598. The van der Waals surface area contributed by atoms with E-state index in [-0.39, 0.29) is 5.91 Å². The first kappa shape index (κ1) is 20.9. The van der Waals surface area contributed by atoms with Crippen molar-refractivity contribution in [3.05, 3.63) is 41.3 Å². The van der Waals surface area contributed by atoms with Crippen LogP contribution in [0.25, 0.3) is 11.5 Å². The van der Waals surface area contributed by atoms with Crippen molar-refractivity contribution in [3.8, 4) is 11.5 Å². The molecule has 2 aromatic rings. The standard InChI is InChI=1S/C22H26F3N3O2/c1-15-19(26-21(30-15)17-4-6-18(7-5-17)22(23,24)25)14-27-11-8-16(9-12-27)13-28-10-2-3-20(28)29/h4-7,16H,2-3,8-14H2,1H3. The second-order valence-corrected chi connectivity index (χ2v) is 8.26. The number of hydrogen-bond acceptors (Lipinski definition) is 4. The Morgan fingerprint density at radius 3 is 2.43 bits per heavy atom. The van der Waals surface area contributed by atoms with Crippen molar-refractivity contribution in [1.29, 1.82) is 0 Å². The molecule has 1 amide bonds. The lowest BCUT2D eigenvalue weighted by Crippen LogP contribution is -2.39. The first-order valence-electron chi connectivity index (χ1n) is 10.4. The molecule has 1 aromatic heterocycles. The van der Waals surface area contributed by atoms with Gasteiger partial charge in [-0.2, -0.15) is 13.2 Å². The maximum Gasteiger partial charge on any atom is 0.416 e. The Hall–Kier alpha value is -2.35. The van der Waals surface area contributed by atoms with Gasteiger partial charge in [-0.25, -0.2) is 4.98 Å². The second-order valence-electron chi connectivity index (χ2n) is 8.26. The summed E-state index contributed by atoms with van der Waals surface area (Å²) in [5.74, 6) is 1.87. The first-order valence-corrected chi connectivity index (χ1v) is 10.4. The van der Waals surface area contributed by atoms with Crippen molar-refractivity contribution in [3.63, 3.8) is 0 Å². The van der Waals surface area contributed by atoms with Crippen molar-refractivity contribution in [1.82, 2.24) is 14.8 Å². The van der Waals surface area contributed by atoms with Gasteiger partial charge in [0.15, 0.2) is 0 Å². The topological polar surface area (TPSA) is 49.6 Å². The number of carbonyl (C=O) groups excluding carboxylic acids is 1. The second kappa shape index (κ2) is 8.41.